The van der Waals surface area contributed by atoms with E-state index in [1.54, 1.807) is 12.1 Å². The summed E-state index contributed by atoms with van der Waals surface area (Å²) in [4.78, 5) is 21.3. The topological polar surface area (TPSA) is 38.1 Å². The zero-order chi connectivity index (χ0) is 24.9. The lowest BCUT2D eigenvalue weighted by Crippen LogP contribution is -2.44. The van der Waals surface area contributed by atoms with Crippen molar-refractivity contribution in [2.75, 3.05) is 6.54 Å². The molecule has 0 bridgehead atoms. The van der Waals surface area contributed by atoms with Crippen LogP contribution in [0.25, 0.3) is 22.2 Å². The molecule has 5 rings (SSSR count). The molecule has 180 valence electrons. The molecular weight excluding hydrogens is 437 g/mol. The number of halogens is 1. The number of hydrogen-bond donors (Lipinski definition) is 0. The number of carbonyl (C=O) groups is 1. The molecule has 2 heterocycles. The van der Waals surface area contributed by atoms with Crippen molar-refractivity contribution < 1.29 is 9.18 Å². The quantitative estimate of drug-likeness (QED) is 0.325. The van der Waals surface area contributed by atoms with Gasteiger partial charge in [0.05, 0.1) is 16.6 Å². The smallest absolute Gasteiger partial charge is 0.255 e. The lowest BCUT2D eigenvalue weighted by atomic mass is 9.93. The monoisotopic (exact) mass is 469 g/mol. The van der Waals surface area contributed by atoms with Gasteiger partial charge in [-0.15, -0.1) is 0 Å². The number of carbonyl (C=O) groups excluding carboxylic acids is 1. The molecule has 0 spiro atoms. The molecule has 0 aliphatic carbocycles. The van der Waals surface area contributed by atoms with Crippen LogP contribution in [0.2, 0.25) is 0 Å². The average molecular weight is 470 g/mol. The Labute approximate surface area is 206 Å². The van der Waals surface area contributed by atoms with Crippen LogP contribution in [0.4, 0.5) is 4.39 Å². The van der Waals surface area contributed by atoms with Crippen LogP contribution in [0.3, 0.4) is 0 Å². The summed E-state index contributed by atoms with van der Waals surface area (Å²) in [6.45, 7) is 12.0. The Balaban J connectivity index is 1.62. The van der Waals surface area contributed by atoms with Crippen molar-refractivity contribution in [2.45, 2.75) is 59.5 Å². The molecule has 0 saturated carbocycles. The first-order valence-corrected chi connectivity index (χ1v) is 12.4. The van der Waals surface area contributed by atoms with Crippen LogP contribution in [-0.2, 0) is 12.1 Å². The fourth-order valence-electron chi connectivity index (χ4n) is 5.49. The molecule has 4 nitrogen and oxygen atoms in total. The summed E-state index contributed by atoms with van der Waals surface area (Å²) in [5, 5.41) is 0. The van der Waals surface area contributed by atoms with Gasteiger partial charge in [0.25, 0.3) is 5.91 Å². The van der Waals surface area contributed by atoms with Crippen molar-refractivity contribution in [3.63, 3.8) is 0 Å². The summed E-state index contributed by atoms with van der Waals surface area (Å²) in [7, 11) is 0. The van der Waals surface area contributed by atoms with E-state index in [0.29, 0.717) is 12.1 Å². The van der Waals surface area contributed by atoms with Gasteiger partial charge >= 0.3 is 0 Å². The highest BCUT2D eigenvalue weighted by Gasteiger charge is 2.45. The zero-order valence-electron chi connectivity index (χ0n) is 21.2. The number of nitrogens with zero attached hydrogens (tertiary/aromatic N) is 3. The van der Waals surface area contributed by atoms with Gasteiger partial charge in [-0.1, -0.05) is 29.8 Å². The van der Waals surface area contributed by atoms with E-state index in [1.807, 2.05) is 30.0 Å². The molecule has 3 aromatic carbocycles. The van der Waals surface area contributed by atoms with Crippen LogP contribution in [0, 0.1) is 26.6 Å². The van der Waals surface area contributed by atoms with E-state index < -0.39 is 5.54 Å². The highest BCUT2D eigenvalue weighted by atomic mass is 19.1. The summed E-state index contributed by atoms with van der Waals surface area (Å²) in [6.07, 6.45) is 1.78. The van der Waals surface area contributed by atoms with E-state index in [1.165, 1.54) is 23.3 Å². The lowest BCUT2D eigenvalue weighted by molar-refractivity contribution is 0.0599. The van der Waals surface area contributed by atoms with Gasteiger partial charge in [0.2, 0.25) is 0 Å². The Morgan fingerprint density at radius 3 is 2.46 bits per heavy atom. The highest BCUT2D eigenvalue weighted by Crippen LogP contribution is 2.41. The van der Waals surface area contributed by atoms with Crippen molar-refractivity contribution in [1.82, 2.24) is 14.5 Å². The van der Waals surface area contributed by atoms with E-state index in [9.17, 15) is 9.18 Å². The second kappa shape index (κ2) is 8.63. The maximum absolute atomic E-state index is 14.2. The zero-order valence-corrected chi connectivity index (χ0v) is 21.2. The highest BCUT2D eigenvalue weighted by molar-refractivity contribution is 6.01. The van der Waals surface area contributed by atoms with Crippen molar-refractivity contribution in [1.29, 1.82) is 0 Å². The number of rotatable bonds is 4. The average Bonchev–Trinajstić information content (AvgIpc) is 3.40. The number of aryl methyl sites for hydroxylation is 4. The summed E-state index contributed by atoms with van der Waals surface area (Å²) in [5.74, 6) is 0.654. The Bertz CT molecular complexity index is 1440. The van der Waals surface area contributed by atoms with Crippen LogP contribution in [0.5, 0.6) is 0 Å². The first-order chi connectivity index (χ1) is 16.7. The van der Waals surface area contributed by atoms with Crippen LogP contribution >= 0.6 is 0 Å². The minimum absolute atomic E-state index is 0.00454. The summed E-state index contributed by atoms with van der Waals surface area (Å²) in [6, 6.07) is 16.6. The van der Waals surface area contributed by atoms with Gasteiger partial charge in [0, 0.05) is 18.7 Å². The number of benzene rings is 3. The summed E-state index contributed by atoms with van der Waals surface area (Å²) >= 11 is 0. The number of aromatic nitrogens is 2. The second-order valence-corrected chi connectivity index (χ2v) is 9.99. The standard InChI is InChI=1S/C30H32FN3O/c1-6-33-27-18-21(4)20(3)17-26(27)32-29(33)30(5)14-7-15-34(30)28(35)25-16-19(2)8-13-24(25)22-9-11-23(31)12-10-22/h8-13,16-18H,6-7,14-15H2,1-5H3/t30-/m0/s1. The number of fused-ring (bicyclic) bond motifs is 1. The molecule has 5 heteroatoms. The van der Waals surface area contributed by atoms with Crippen molar-refractivity contribution in [3.05, 3.63) is 88.5 Å². The van der Waals surface area contributed by atoms with Crippen LogP contribution in [-0.4, -0.2) is 26.9 Å². The van der Waals surface area contributed by atoms with Gasteiger partial charge in [-0.3, -0.25) is 4.79 Å². The van der Waals surface area contributed by atoms with E-state index in [2.05, 4.69) is 44.4 Å². The van der Waals surface area contributed by atoms with Crippen molar-refractivity contribution in [3.8, 4) is 11.1 Å². The molecule has 1 aromatic heterocycles. The molecular formula is C30H32FN3O. The van der Waals surface area contributed by atoms with Gasteiger partial charge in [-0.25, -0.2) is 9.37 Å². The van der Waals surface area contributed by atoms with E-state index >= 15 is 0 Å². The predicted octanol–water partition coefficient (Wildman–Crippen LogP) is 6.94. The third-order valence-electron chi connectivity index (χ3n) is 7.61. The molecule has 1 atom stereocenters. The van der Waals surface area contributed by atoms with Gasteiger partial charge in [0.1, 0.15) is 11.6 Å². The normalized spacial score (nSPS) is 17.9. The van der Waals surface area contributed by atoms with E-state index in [0.717, 1.165) is 52.9 Å². The summed E-state index contributed by atoms with van der Waals surface area (Å²) < 4.78 is 15.9. The Morgan fingerprint density at radius 1 is 1.03 bits per heavy atom. The van der Waals surface area contributed by atoms with Crippen LogP contribution in [0.15, 0.2) is 54.6 Å². The van der Waals surface area contributed by atoms with E-state index in [-0.39, 0.29) is 11.7 Å². The van der Waals surface area contributed by atoms with E-state index in [4.69, 9.17) is 4.98 Å². The number of hydrogen-bond acceptors (Lipinski definition) is 2. The molecule has 0 radical (unpaired) electrons. The maximum atomic E-state index is 14.2. The first-order valence-electron chi connectivity index (χ1n) is 12.4. The van der Waals surface area contributed by atoms with Gasteiger partial charge in [-0.05, 0) is 100 Å². The molecule has 1 saturated heterocycles. The Hall–Kier alpha value is -3.47. The molecule has 1 fully saturated rings. The minimum Gasteiger partial charge on any atom is -0.326 e. The fraction of sp³-hybridized carbons (Fsp3) is 0.333. The molecule has 1 aliphatic heterocycles. The van der Waals surface area contributed by atoms with Gasteiger partial charge in [0.15, 0.2) is 0 Å². The maximum Gasteiger partial charge on any atom is 0.255 e. The van der Waals surface area contributed by atoms with Gasteiger partial charge < -0.3 is 9.47 Å². The molecule has 35 heavy (non-hydrogen) atoms. The number of amides is 1. The lowest BCUT2D eigenvalue weighted by Gasteiger charge is -2.35. The van der Waals surface area contributed by atoms with Crippen LogP contribution in [0.1, 0.15) is 59.6 Å². The summed E-state index contributed by atoms with van der Waals surface area (Å²) in [5.41, 5.74) is 7.37. The first kappa shape index (κ1) is 23.3. The van der Waals surface area contributed by atoms with Crippen LogP contribution < -0.4 is 0 Å². The minimum atomic E-state index is -0.516. The largest absolute Gasteiger partial charge is 0.326 e. The molecule has 1 amide bonds. The molecule has 0 N–H and O–H groups in total. The third kappa shape index (κ3) is 3.83. The van der Waals surface area contributed by atoms with Gasteiger partial charge in [-0.2, -0.15) is 0 Å². The van der Waals surface area contributed by atoms with Crippen molar-refractivity contribution in [2.24, 2.45) is 0 Å². The second-order valence-electron chi connectivity index (χ2n) is 9.99. The molecule has 1 aliphatic rings. The fourth-order valence-corrected chi connectivity index (χ4v) is 5.49. The number of imidazole rings is 1. The SMILES string of the molecule is CCn1c([C@]2(C)CCCN2C(=O)c2cc(C)ccc2-c2ccc(F)cc2)nc2cc(C)c(C)cc21. The third-order valence-corrected chi connectivity index (χ3v) is 7.61. The Kier molecular flexibility index (Phi) is 5.74. The Morgan fingerprint density at radius 2 is 1.74 bits per heavy atom. The molecule has 4 aromatic rings. The molecule has 0 unspecified atom stereocenters. The predicted molar refractivity (Wildman–Crippen MR) is 139 cm³/mol. The number of likely N-dealkylation sites (tertiary alicyclic amines) is 1. The van der Waals surface area contributed by atoms with Crippen molar-refractivity contribution >= 4 is 16.9 Å².